The van der Waals surface area contributed by atoms with Crippen LogP contribution in [0.4, 0.5) is 5.82 Å². The van der Waals surface area contributed by atoms with Crippen LogP contribution in [0.1, 0.15) is 11.3 Å². The molecule has 0 saturated carbocycles. The minimum Gasteiger partial charge on any atom is -0.356 e. The van der Waals surface area contributed by atoms with Gasteiger partial charge >= 0.3 is 0 Å². The number of hydrogen-bond donors (Lipinski definition) is 0. The summed E-state index contributed by atoms with van der Waals surface area (Å²) in [4.78, 5) is 26.1. The summed E-state index contributed by atoms with van der Waals surface area (Å²) in [7, 11) is 0. The number of anilines is 1. The highest BCUT2D eigenvalue weighted by Crippen LogP contribution is 2.21. The Balaban J connectivity index is 1.26. The maximum Gasteiger partial charge on any atom is 0.228 e. The van der Waals surface area contributed by atoms with Crippen LogP contribution in [0.2, 0.25) is 0 Å². The molecule has 0 aliphatic carbocycles. The summed E-state index contributed by atoms with van der Waals surface area (Å²) in [6.07, 6.45) is 2.07. The van der Waals surface area contributed by atoms with Crippen molar-refractivity contribution in [1.29, 1.82) is 0 Å². The van der Waals surface area contributed by atoms with Gasteiger partial charge in [-0.25, -0.2) is 4.98 Å². The van der Waals surface area contributed by atoms with E-state index < -0.39 is 0 Å². The molecule has 7 nitrogen and oxygen atoms in total. The lowest BCUT2D eigenvalue weighted by molar-refractivity contribution is -0.130. The standard InChI is InChI=1S/C22H21N5O2/c1-15-6-7-20-16(12-15)19(25-29-20)13-22(28)27-10-8-26(9-11-27)21-14-23-17-4-2-3-5-18(17)24-21/h2-7,12,14H,8-11,13H2,1H3. The second-order valence-electron chi connectivity index (χ2n) is 7.39. The SMILES string of the molecule is Cc1ccc2onc(CC(=O)N3CCN(c4cnc5ccccc5n4)CC3)c2c1. The van der Waals surface area contributed by atoms with Crippen molar-refractivity contribution in [1.82, 2.24) is 20.0 Å². The lowest BCUT2D eigenvalue weighted by Crippen LogP contribution is -2.49. The van der Waals surface area contributed by atoms with E-state index in [0.717, 1.165) is 46.5 Å². The molecule has 5 rings (SSSR count). The molecule has 0 radical (unpaired) electrons. The molecule has 29 heavy (non-hydrogen) atoms. The average molecular weight is 387 g/mol. The molecule has 2 aromatic carbocycles. The van der Waals surface area contributed by atoms with Crippen molar-refractivity contribution in [2.45, 2.75) is 13.3 Å². The quantitative estimate of drug-likeness (QED) is 0.538. The highest BCUT2D eigenvalue weighted by Gasteiger charge is 2.24. The number of nitrogens with zero attached hydrogens (tertiary/aromatic N) is 5. The third-order valence-electron chi connectivity index (χ3n) is 5.41. The van der Waals surface area contributed by atoms with Gasteiger partial charge in [-0.05, 0) is 31.2 Å². The Labute approximate surface area is 167 Å². The molecule has 7 heteroatoms. The molecule has 1 saturated heterocycles. The first-order valence-corrected chi connectivity index (χ1v) is 9.77. The summed E-state index contributed by atoms with van der Waals surface area (Å²) in [5.74, 6) is 0.930. The largest absolute Gasteiger partial charge is 0.356 e. The van der Waals surface area contributed by atoms with E-state index in [4.69, 9.17) is 9.51 Å². The maximum absolute atomic E-state index is 12.8. The average Bonchev–Trinajstić information content (AvgIpc) is 3.15. The molecule has 2 aromatic heterocycles. The van der Waals surface area contributed by atoms with Gasteiger partial charge in [0.25, 0.3) is 0 Å². The number of carbonyl (C=O) groups excluding carboxylic acids is 1. The van der Waals surface area contributed by atoms with Gasteiger partial charge in [0.05, 0.1) is 23.7 Å². The van der Waals surface area contributed by atoms with Crippen LogP contribution in [-0.2, 0) is 11.2 Å². The van der Waals surface area contributed by atoms with Crippen molar-refractivity contribution in [3.8, 4) is 0 Å². The fraction of sp³-hybridized carbons (Fsp3) is 0.273. The Morgan fingerprint density at radius 2 is 1.86 bits per heavy atom. The van der Waals surface area contributed by atoms with E-state index in [2.05, 4.69) is 15.0 Å². The predicted octanol–water partition coefficient (Wildman–Crippen LogP) is 2.97. The normalized spacial score (nSPS) is 14.7. The van der Waals surface area contributed by atoms with Gasteiger partial charge in [0.1, 0.15) is 11.5 Å². The highest BCUT2D eigenvalue weighted by molar-refractivity contribution is 5.86. The van der Waals surface area contributed by atoms with Gasteiger partial charge in [-0.3, -0.25) is 9.78 Å². The first kappa shape index (κ1) is 17.6. The van der Waals surface area contributed by atoms with Crippen LogP contribution in [-0.4, -0.2) is 52.1 Å². The Kier molecular flexibility index (Phi) is 4.35. The highest BCUT2D eigenvalue weighted by atomic mass is 16.5. The number of benzene rings is 2. The zero-order valence-electron chi connectivity index (χ0n) is 16.2. The monoisotopic (exact) mass is 387 g/mol. The molecular formula is C22H21N5O2. The first-order chi connectivity index (χ1) is 14.2. The number of fused-ring (bicyclic) bond motifs is 2. The van der Waals surface area contributed by atoms with E-state index in [9.17, 15) is 4.79 Å². The fourth-order valence-electron chi connectivity index (χ4n) is 3.77. The molecule has 0 N–H and O–H groups in total. The van der Waals surface area contributed by atoms with Gasteiger partial charge in [-0.15, -0.1) is 0 Å². The third kappa shape index (κ3) is 3.40. The minimum atomic E-state index is 0.0750. The van der Waals surface area contributed by atoms with Crippen molar-refractivity contribution in [3.05, 3.63) is 59.9 Å². The molecule has 0 atom stereocenters. The Morgan fingerprint density at radius 1 is 1.07 bits per heavy atom. The van der Waals surface area contributed by atoms with Crippen molar-refractivity contribution in [2.75, 3.05) is 31.1 Å². The molecule has 4 aromatic rings. The summed E-state index contributed by atoms with van der Waals surface area (Å²) in [5.41, 5.74) is 4.32. The van der Waals surface area contributed by atoms with Crippen LogP contribution in [0.3, 0.4) is 0 Å². The number of amides is 1. The number of carbonyl (C=O) groups is 1. The molecule has 1 fully saturated rings. The number of aromatic nitrogens is 3. The number of aryl methyl sites for hydroxylation is 1. The van der Waals surface area contributed by atoms with Crippen molar-refractivity contribution < 1.29 is 9.32 Å². The van der Waals surface area contributed by atoms with Gasteiger partial charge in [0, 0.05) is 31.6 Å². The molecule has 1 amide bonds. The van der Waals surface area contributed by atoms with E-state index in [1.54, 1.807) is 0 Å². The first-order valence-electron chi connectivity index (χ1n) is 9.77. The van der Waals surface area contributed by atoms with E-state index in [-0.39, 0.29) is 12.3 Å². The van der Waals surface area contributed by atoms with Gasteiger partial charge in [0.15, 0.2) is 5.58 Å². The summed E-state index contributed by atoms with van der Waals surface area (Å²) >= 11 is 0. The van der Waals surface area contributed by atoms with Crippen molar-refractivity contribution >= 4 is 33.7 Å². The molecule has 0 unspecified atom stereocenters. The lowest BCUT2D eigenvalue weighted by atomic mass is 10.1. The van der Waals surface area contributed by atoms with Crippen LogP contribution < -0.4 is 4.90 Å². The molecule has 0 bridgehead atoms. The fourth-order valence-corrected chi connectivity index (χ4v) is 3.77. The van der Waals surface area contributed by atoms with E-state index in [0.29, 0.717) is 18.8 Å². The Morgan fingerprint density at radius 3 is 2.69 bits per heavy atom. The van der Waals surface area contributed by atoms with E-state index >= 15 is 0 Å². The molecule has 146 valence electrons. The van der Waals surface area contributed by atoms with Gasteiger partial charge in [-0.2, -0.15) is 0 Å². The van der Waals surface area contributed by atoms with Crippen LogP contribution in [0.5, 0.6) is 0 Å². The molecule has 1 aliphatic rings. The van der Waals surface area contributed by atoms with Crippen molar-refractivity contribution in [2.24, 2.45) is 0 Å². The van der Waals surface area contributed by atoms with E-state index in [1.165, 1.54) is 0 Å². The van der Waals surface area contributed by atoms with Crippen molar-refractivity contribution in [3.63, 3.8) is 0 Å². The van der Waals surface area contributed by atoms with Gasteiger partial charge in [-0.1, -0.05) is 28.9 Å². The number of hydrogen-bond acceptors (Lipinski definition) is 6. The van der Waals surface area contributed by atoms with Crippen LogP contribution in [0.25, 0.3) is 22.0 Å². The Bertz CT molecular complexity index is 1190. The molecule has 1 aliphatic heterocycles. The topological polar surface area (TPSA) is 75.4 Å². The summed E-state index contributed by atoms with van der Waals surface area (Å²) in [6.45, 7) is 4.80. The van der Waals surface area contributed by atoms with Crippen LogP contribution >= 0.6 is 0 Å². The molecular weight excluding hydrogens is 366 g/mol. The second kappa shape index (κ2) is 7.16. The number of para-hydroxylation sites is 2. The summed E-state index contributed by atoms with van der Waals surface area (Å²) < 4.78 is 5.36. The molecule has 0 spiro atoms. The third-order valence-corrected chi connectivity index (χ3v) is 5.41. The van der Waals surface area contributed by atoms with Gasteiger partial charge in [0.2, 0.25) is 5.91 Å². The summed E-state index contributed by atoms with van der Waals surface area (Å²) in [6, 6.07) is 13.7. The zero-order chi connectivity index (χ0) is 19.8. The van der Waals surface area contributed by atoms with Gasteiger partial charge < -0.3 is 14.3 Å². The van der Waals surface area contributed by atoms with E-state index in [1.807, 2.05) is 60.5 Å². The number of rotatable bonds is 3. The lowest BCUT2D eigenvalue weighted by Gasteiger charge is -2.35. The molecule has 3 heterocycles. The second-order valence-corrected chi connectivity index (χ2v) is 7.39. The maximum atomic E-state index is 12.8. The minimum absolute atomic E-state index is 0.0750. The van der Waals surface area contributed by atoms with Crippen LogP contribution in [0, 0.1) is 6.92 Å². The zero-order valence-corrected chi connectivity index (χ0v) is 16.2. The Hall–Kier alpha value is -3.48. The number of piperazine rings is 1. The smallest absolute Gasteiger partial charge is 0.228 e. The predicted molar refractivity (Wildman–Crippen MR) is 111 cm³/mol. The van der Waals surface area contributed by atoms with Crippen LogP contribution in [0.15, 0.2) is 53.2 Å². The summed E-state index contributed by atoms with van der Waals surface area (Å²) in [5, 5.41) is 5.03.